The largest absolute Gasteiger partial charge is 0.478 e. The number of rotatable bonds is 4. The summed E-state index contributed by atoms with van der Waals surface area (Å²) in [5.74, 6) is -0.226. The number of carboxylic acids is 1. The van der Waals surface area contributed by atoms with Crippen LogP contribution in [0.4, 0.5) is 0 Å². The lowest BCUT2D eigenvalue weighted by Crippen LogP contribution is -2.02. The average Bonchev–Trinajstić information content (AvgIpc) is 3.35. The lowest BCUT2D eigenvalue weighted by atomic mass is 9.98. The lowest BCUT2D eigenvalue weighted by Gasteiger charge is -2.09. The van der Waals surface area contributed by atoms with Gasteiger partial charge in [-0.25, -0.2) is 4.79 Å². The quantitative estimate of drug-likeness (QED) is 0.671. The molecule has 1 fully saturated rings. The molecule has 0 radical (unpaired) electrons. The highest BCUT2D eigenvalue weighted by Crippen LogP contribution is 2.49. The first-order valence-electron chi connectivity index (χ1n) is 7.70. The number of aromatic carboxylic acids is 1. The highest BCUT2D eigenvalue weighted by molar-refractivity contribution is 6.39. The molecule has 5 nitrogen and oxygen atoms in total. The van der Waals surface area contributed by atoms with E-state index in [-0.39, 0.29) is 11.5 Å². The van der Waals surface area contributed by atoms with Crippen molar-refractivity contribution in [1.82, 2.24) is 10.1 Å². The van der Waals surface area contributed by atoms with Gasteiger partial charge in [-0.3, -0.25) is 4.98 Å². The standard InChI is InChI=1S/C18H12Cl2N2O3/c19-11-4-1-5-12(20)13(11)16-14(17(25-22-16)9-6-7-9)15-10(18(23)24)3-2-8-21-15/h1-5,8-9H,6-7H2,(H,23,24). The van der Waals surface area contributed by atoms with E-state index in [1.54, 1.807) is 30.5 Å². The minimum absolute atomic E-state index is 0.0806. The molecule has 0 amide bonds. The second-order valence-electron chi connectivity index (χ2n) is 5.85. The molecule has 25 heavy (non-hydrogen) atoms. The number of carboxylic acid groups (broad SMARTS) is 1. The molecule has 2 heterocycles. The molecule has 126 valence electrons. The van der Waals surface area contributed by atoms with Gasteiger partial charge in [0.1, 0.15) is 11.5 Å². The van der Waals surface area contributed by atoms with Gasteiger partial charge in [-0.15, -0.1) is 0 Å². The van der Waals surface area contributed by atoms with E-state index in [2.05, 4.69) is 10.1 Å². The van der Waals surface area contributed by atoms with Gasteiger partial charge in [0.15, 0.2) is 0 Å². The summed E-state index contributed by atoms with van der Waals surface area (Å²) in [5.41, 5.74) is 1.87. The molecule has 0 saturated heterocycles. The van der Waals surface area contributed by atoms with Gasteiger partial charge >= 0.3 is 5.97 Å². The van der Waals surface area contributed by atoms with Gasteiger partial charge in [0.05, 0.1) is 26.9 Å². The number of halogens is 2. The first kappa shape index (κ1) is 16.1. The number of pyridine rings is 1. The fraction of sp³-hybridized carbons (Fsp3) is 0.167. The Hall–Kier alpha value is -2.37. The number of carbonyl (C=O) groups is 1. The summed E-state index contributed by atoms with van der Waals surface area (Å²) >= 11 is 12.7. The van der Waals surface area contributed by atoms with Crippen LogP contribution in [0.3, 0.4) is 0 Å². The molecule has 0 atom stereocenters. The predicted molar refractivity (Wildman–Crippen MR) is 94.1 cm³/mol. The Morgan fingerprint density at radius 2 is 1.80 bits per heavy atom. The van der Waals surface area contributed by atoms with Crippen LogP contribution in [0.2, 0.25) is 10.0 Å². The van der Waals surface area contributed by atoms with Gasteiger partial charge in [-0.2, -0.15) is 0 Å². The van der Waals surface area contributed by atoms with Gasteiger partial charge < -0.3 is 9.63 Å². The van der Waals surface area contributed by atoms with E-state index in [4.69, 9.17) is 27.7 Å². The Labute approximate surface area is 153 Å². The highest BCUT2D eigenvalue weighted by atomic mass is 35.5. The second kappa shape index (κ2) is 6.17. The smallest absolute Gasteiger partial charge is 0.337 e. The zero-order valence-corrected chi connectivity index (χ0v) is 14.4. The fourth-order valence-corrected chi connectivity index (χ4v) is 3.40. The Kier molecular flexibility index (Phi) is 3.98. The van der Waals surface area contributed by atoms with Crippen molar-refractivity contribution in [3.8, 4) is 22.5 Å². The van der Waals surface area contributed by atoms with E-state index < -0.39 is 5.97 Å². The average molecular weight is 375 g/mol. The van der Waals surface area contributed by atoms with Gasteiger partial charge in [0.25, 0.3) is 0 Å². The third kappa shape index (κ3) is 2.79. The van der Waals surface area contributed by atoms with E-state index >= 15 is 0 Å². The van der Waals surface area contributed by atoms with Crippen molar-refractivity contribution in [2.75, 3.05) is 0 Å². The Morgan fingerprint density at radius 3 is 2.44 bits per heavy atom. The minimum atomic E-state index is -1.07. The van der Waals surface area contributed by atoms with Crippen LogP contribution in [0.15, 0.2) is 41.1 Å². The van der Waals surface area contributed by atoms with Crippen molar-refractivity contribution in [1.29, 1.82) is 0 Å². The molecule has 7 heteroatoms. The summed E-state index contributed by atoms with van der Waals surface area (Å²) in [5, 5.41) is 14.5. The molecule has 2 aromatic heterocycles. The molecule has 0 spiro atoms. The van der Waals surface area contributed by atoms with Gasteiger partial charge in [0, 0.05) is 17.7 Å². The summed E-state index contributed by atoms with van der Waals surface area (Å²) < 4.78 is 5.57. The van der Waals surface area contributed by atoms with Crippen LogP contribution in [0.5, 0.6) is 0 Å². The zero-order chi connectivity index (χ0) is 17.6. The lowest BCUT2D eigenvalue weighted by molar-refractivity contribution is 0.0697. The van der Waals surface area contributed by atoms with Crippen LogP contribution >= 0.6 is 23.2 Å². The highest BCUT2D eigenvalue weighted by Gasteiger charge is 2.35. The van der Waals surface area contributed by atoms with Crippen LogP contribution in [-0.2, 0) is 0 Å². The van der Waals surface area contributed by atoms with Crippen molar-refractivity contribution in [2.45, 2.75) is 18.8 Å². The van der Waals surface area contributed by atoms with Crippen molar-refractivity contribution in [3.63, 3.8) is 0 Å². The summed E-state index contributed by atoms with van der Waals surface area (Å²) in [7, 11) is 0. The molecule has 1 saturated carbocycles. The summed E-state index contributed by atoms with van der Waals surface area (Å²) in [6.45, 7) is 0. The van der Waals surface area contributed by atoms with Crippen molar-refractivity contribution in [2.24, 2.45) is 0 Å². The van der Waals surface area contributed by atoms with E-state index in [0.717, 1.165) is 12.8 Å². The SMILES string of the molecule is O=C(O)c1cccnc1-c1c(-c2c(Cl)cccc2Cl)noc1C1CC1. The molecule has 1 aromatic carbocycles. The van der Waals surface area contributed by atoms with E-state index in [1.807, 2.05) is 0 Å². The molecule has 4 rings (SSSR count). The first-order chi connectivity index (χ1) is 12.1. The molecule has 1 N–H and O–H groups in total. The number of aromatic nitrogens is 2. The summed E-state index contributed by atoms with van der Waals surface area (Å²) in [6, 6.07) is 8.23. The second-order valence-corrected chi connectivity index (χ2v) is 6.66. The molecule has 0 bridgehead atoms. The van der Waals surface area contributed by atoms with Crippen molar-refractivity contribution >= 4 is 29.2 Å². The third-order valence-electron chi connectivity index (χ3n) is 4.14. The fourth-order valence-electron chi connectivity index (χ4n) is 2.83. The maximum absolute atomic E-state index is 11.7. The normalized spacial score (nSPS) is 13.8. The molecule has 3 aromatic rings. The Morgan fingerprint density at radius 1 is 1.08 bits per heavy atom. The molecular weight excluding hydrogens is 363 g/mol. The van der Waals surface area contributed by atoms with Gasteiger partial charge in [-0.05, 0) is 37.1 Å². The summed E-state index contributed by atoms with van der Waals surface area (Å²) in [6.07, 6.45) is 3.48. The topological polar surface area (TPSA) is 76.2 Å². The molecule has 1 aliphatic rings. The summed E-state index contributed by atoms with van der Waals surface area (Å²) in [4.78, 5) is 15.9. The van der Waals surface area contributed by atoms with Crippen molar-refractivity contribution < 1.29 is 14.4 Å². The maximum Gasteiger partial charge on any atom is 0.337 e. The van der Waals surface area contributed by atoms with E-state index in [9.17, 15) is 9.90 Å². The van der Waals surface area contributed by atoms with E-state index in [1.165, 1.54) is 6.07 Å². The molecule has 0 aliphatic heterocycles. The van der Waals surface area contributed by atoms with Gasteiger partial charge in [0.2, 0.25) is 0 Å². The molecular formula is C18H12Cl2N2O3. The number of hydrogen-bond donors (Lipinski definition) is 1. The number of nitrogens with zero attached hydrogens (tertiary/aromatic N) is 2. The zero-order valence-electron chi connectivity index (χ0n) is 12.9. The Bertz CT molecular complexity index is 960. The van der Waals surface area contributed by atoms with Crippen LogP contribution in [0.1, 0.15) is 34.9 Å². The number of hydrogen-bond acceptors (Lipinski definition) is 4. The van der Waals surface area contributed by atoms with Crippen molar-refractivity contribution in [3.05, 3.63) is 57.9 Å². The minimum Gasteiger partial charge on any atom is -0.478 e. The number of benzene rings is 1. The molecule has 1 aliphatic carbocycles. The molecule has 0 unspecified atom stereocenters. The van der Waals surface area contributed by atoms with Crippen LogP contribution in [0.25, 0.3) is 22.5 Å². The van der Waals surface area contributed by atoms with Crippen LogP contribution in [0, 0.1) is 0 Å². The Balaban J connectivity index is 2.02. The first-order valence-corrected chi connectivity index (χ1v) is 8.46. The monoisotopic (exact) mass is 374 g/mol. The predicted octanol–water partition coefficient (Wildman–Crippen LogP) is 5.29. The van der Waals surface area contributed by atoms with Crippen LogP contribution in [-0.4, -0.2) is 21.2 Å². The maximum atomic E-state index is 11.7. The third-order valence-corrected chi connectivity index (χ3v) is 4.77. The van der Waals surface area contributed by atoms with Crippen LogP contribution < -0.4 is 0 Å². The van der Waals surface area contributed by atoms with E-state index in [0.29, 0.717) is 38.3 Å². The van der Waals surface area contributed by atoms with Gasteiger partial charge in [-0.1, -0.05) is 34.4 Å².